The van der Waals surface area contributed by atoms with Gasteiger partial charge in [0.25, 0.3) is 0 Å². The molecular weight excluding hydrogens is 364 g/mol. The first-order valence-electron chi connectivity index (χ1n) is 10.6. The molecule has 154 valence electrons. The lowest BCUT2D eigenvalue weighted by Crippen LogP contribution is -2.07. The van der Waals surface area contributed by atoms with Gasteiger partial charge in [-0.05, 0) is 6.42 Å². The van der Waals surface area contributed by atoms with E-state index in [4.69, 9.17) is 11.6 Å². The normalized spacial score (nSPS) is 10.9. The van der Waals surface area contributed by atoms with Gasteiger partial charge < -0.3 is 5.32 Å². The van der Waals surface area contributed by atoms with Gasteiger partial charge in [0.05, 0.1) is 4.92 Å². The van der Waals surface area contributed by atoms with Crippen molar-refractivity contribution >= 4 is 23.1 Å². The average Bonchev–Trinajstić information content (AvgIpc) is 2.64. The summed E-state index contributed by atoms with van der Waals surface area (Å²) in [6, 6.07) is 0. The van der Waals surface area contributed by atoms with Crippen molar-refractivity contribution in [2.75, 3.05) is 11.9 Å². The molecule has 0 bridgehead atoms. The molecule has 6 nitrogen and oxygen atoms in total. The molecule has 0 unspecified atom stereocenters. The summed E-state index contributed by atoms with van der Waals surface area (Å²) in [4.78, 5) is 18.0. The second-order valence-electron chi connectivity index (χ2n) is 7.14. The van der Waals surface area contributed by atoms with E-state index in [1.54, 1.807) is 0 Å². The van der Waals surface area contributed by atoms with E-state index in [9.17, 15) is 10.1 Å². The quantitative estimate of drug-likeness (QED) is 0.133. The molecule has 1 N–H and O–H groups in total. The van der Waals surface area contributed by atoms with Gasteiger partial charge in [0, 0.05) is 6.54 Å². The standard InChI is InChI=1S/C20H35ClN4O2/c1-2-3-4-5-6-7-8-9-10-11-12-13-14-15-16-22-20-18(25(26)27)19(21)23-17-24-20/h17H,2-16H2,1H3,(H,22,23,24). The van der Waals surface area contributed by atoms with Crippen molar-refractivity contribution in [3.63, 3.8) is 0 Å². The third kappa shape index (κ3) is 11.1. The maximum absolute atomic E-state index is 11.0. The molecule has 0 aromatic carbocycles. The van der Waals surface area contributed by atoms with Crippen LogP contribution in [0.2, 0.25) is 5.15 Å². The summed E-state index contributed by atoms with van der Waals surface area (Å²) in [5, 5.41) is 13.9. The van der Waals surface area contributed by atoms with Gasteiger partial charge in [-0.15, -0.1) is 0 Å². The molecule has 0 radical (unpaired) electrons. The Morgan fingerprint density at radius 2 is 1.37 bits per heavy atom. The first-order chi connectivity index (χ1) is 13.2. The number of halogens is 1. The molecule has 0 saturated heterocycles. The highest BCUT2D eigenvalue weighted by Crippen LogP contribution is 2.28. The number of rotatable bonds is 17. The van der Waals surface area contributed by atoms with Crippen LogP contribution in [-0.2, 0) is 0 Å². The van der Waals surface area contributed by atoms with E-state index in [0.717, 1.165) is 12.8 Å². The Morgan fingerprint density at radius 1 is 0.889 bits per heavy atom. The molecule has 0 aliphatic rings. The van der Waals surface area contributed by atoms with Crippen LogP contribution in [0.4, 0.5) is 11.5 Å². The molecule has 7 heteroatoms. The Bertz CT molecular complexity index is 529. The molecule has 1 heterocycles. The van der Waals surface area contributed by atoms with Gasteiger partial charge in [0.2, 0.25) is 11.0 Å². The summed E-state index contributed by atoms with van der Waals surface area (Å²) in [6.07, 6.45) is 19.6. The lowest BCUT2D eigenvalue weighted by molar-refractivity contribution is -0.384. The molecule has 27 heavy (non-hydrogen) atoms. The van der Waals surface area contributed by atoms with Crippen molar-refractivity contribution in [2.45, 2.75) is 96.8 Å². The van der Waals surface area contributed by atoms with E-state index < -0.39 is 4.92 Å². The highest BCUT2D eigenvalue weighted by atomic mass is 35.5. The number of anilines is 1. The van der Waals surface area contributed by atoms with Gasteiger partial charge in [-0.25, -0.2) is 9.97 Å². The summed E-state index contributed by atoms with van der Waals surface area (Å²) < 4.78 is 0. The topological polar surface area (TPSA) is 81.0 Å². The fourth-order valence-corrected chi connectivity index (χ4v) is 3.38. The number of aromatic nitrogens is 2. The van der Waals surface area contributed by atoms with Crippen molar-refractivity contribution in [3.05, 3.63) is 21.6 Å². The lowest BCUT2D eigenvalue weighted by atomic mass is 10.0. The van der Waals surface area contributed by atoms with Gasteiger partial charge in [-0.3, -0.25) is 10.1 Å². The van der Waals surface area contributed by atoms with Crippen LogP contribution in [-0.4, -0.2) is 21.4 Å². The number of nitrogens with one attached hydrogen (secondary N) is 1. The third-order valence-electron chi connectivity index (χ3n) is 4.78. The summed E-state index contributed by atoms with van der Waals surface area (Å²) in [5.41, 5.74) is -0.246. The maximum Gasteiger partial charge on any atom is 0.348 e. The summed E-state index contributed by atoms with van der Waals surface area (Å²) >= 11 is 5.76. The Balaban J connectivity index is 1.94. The zero-order valence-electron chi connectivity index (χ0n) is 16.7. The van der Waals surface area contributed by atoms with Gasteiger partial charge in [0.1, 0.15) is 6.33 Å². The first kappa shape index (κ1) is 23.6. The zero-order chi connectivity index (χ0) is 19.7. The minimum absolute atomic E-state index is 0.126. The van der Waals surface area contributed by atoms with Crippen LogP contribution in [0, 0.1) is 10.1 Å². The molecule has 1 aromatic rings. The summed E-state index contributed by atoms with van der Waals surface area (Å²) in [7, 11) is 0. The summed E-state index contributed by atoms with van der Waals surface area (Å²) in [5.74, 6) is 0.203. The van der Waals surface area contributed by atoms with Crippen LogP contribution in [0.15, 0.2) is 6.33 Å². The number of nitrogens with zero attached hydrogens (tertiary/aromatic N) is 3. The lowest BCUT2D eigenvalue weighted by Gasteiger charge is -2.06. The molecule has 0 fully saturated rings. The van der Waals surface area contributed by atoms with Crippen LogP contribution < -0.4 is 5.32 Å². The number of hydrogen-bond acceptors (Lipinski definition) is 5. The molecule has 1 aromatic heterocycles. The monoisotopic (exact) mass is 398 g/mol. The largest absolute Gasteiger partial charge is 0.364 e. The van der Waals surface area contributed by atoms with Crippen LogP contribution >= 0.6 is 11.6 Å². The Hall–Kier alpha value is -1.43. The molecule has 0 aliphatic carbocycles. The average molecular weight is 399 g/mol. The van der Waals surface area contributed by atoms with E-state index in [-0.39, 0.29) is 16.7 Å². The van der Waals surface area contributed by atoms with Gasteiger partial charge in [-0.1, -0.05) is 102 Å². The van der Waals surface area contributed by atoms with Gasteiger partial charge in [0.15, 0.2) is 0 Å². The zero-order valence-corrected chi connectivity index (χ0v) is 17.5. The molecule has 0 aliphatic heterocycles. The van der Waals surface area contributed by atoms with Crippen molar-refractivity contribution in [3.8, 4) is 0 Å². The molecule has 0 saturated carbocycles. The van der Waals surface area contributed by atoms with Crippen molar-refractivity contribution in [2.24, 2.45) is 0 Å². The van der Waals surface area contributed by atoms with E-state index in [1.807, 2.05) is 0 Å². The highest BCUT2D eigenvalue weighted by molar-refractivity contribution is 6.31. The van der Waals surface area contributed by atoms with Crippen molar-refractivity contribution in [1.82, 2.24) is 9.97 Å². The van der Waals surface area contributed by atoms with E-state index in [1.165, 1.54) is 83.4 Å². The minimum atomic E-state index is -0.546. The number of unbranched alkanes of at least 4 members (excludes halogenated alkanes) is 13. The molecule has 0 spiro atoms. The fraction of sp³-hybridized carbons (Fsp3) is 0.800. The molecule has 0 atom stereocenters. The van der Waals surface area contributed by atoms with Crippen LogP contribution in [0.3, 0.4) is 0 Å². The van der Waals surface area contributed by atoms with E-state index >= 15 is 0 Å². The predicted molar refractivity (Wildman–Crippen MR) is 112 cm³/mol. The van der Waals surface area contributed by atoms with Gasteiger partial charge in [-0.2, -0.15) is 0 Å². The van der Waals surface area contributed by atoms with Crippen LogP contribution in [0.1, 0.15) is 96.8 Å². The van der Waals surface area contributed by atoms with E-state index in [2.05, 4.69) is 22.2 Å². The Labute approximate surface area is 168 Å². The van der Waals surface area contributed by atoms with Gasteiger partial charge >= 0.3 is 5.69 Å². The highest BCUT2D eigenvalue weighted by Gasteiger charge is 2.20. The molecular formula is C20H35ClN4O2. The predicted octanol–water partition coefficient (Wildman–Crippen LogP) is 6.93. The SMILES string of the molecule is CCCCCCCCCCCCCCCCNc1ncnc(Cl)c1[N+](=O)[O-]. The smallest absolute Gasteiger partial charge is 0.348 e. The fourth-order valence-electron chi connectivity index (χ4n) is 3.17. The summed E-state index contributed by atoms with van der Waals surface area (Å²) in [6.45, 7) is 2.92. The van der Waals surface area contributed by atoms with Crippen molar-refractivity contribution in [1.29, 1.82) is 0 Å². The Morgan fingerprint density at radius 3 is 1.85 bits per heavy atom. The molecule has 0 amide bonds. The van der Waals surface area contributed by atoms with E-state index in [0.29, 0.717) is 6.54 Å². The second kappa shape index (κ2) is 15.6. The number of hydrogen-bond donors (Lipinski definition) is 1. The van der Waals surface area contributed by atoms with Crippen molar-refractivity contribution < 1.29 is 4.92 Å². The Kier molecular flexibility index (Phi) is 13.7. The minimum Gasteiger partial charge on any atom is -0.364 e. The van der Waals surface area contributed by atoms with Crippen LogP contribution in [0.25, 0.3) is 0 Å². The molecule has 1 rings (SSSR count). The number of nitro groups is 1. The van der Waals surface area contributed by atoms with Crippen LogP contribution in [0.5, 0.6) is 0 Å². The second-order valence-corrected chi connectivity index (χ2v) is 7.50. The third-order valence-corrected chi connectivity index (χ3v) is 5.06. The first-order valence-corrected chi connectivity index (χ1v) is 10.9. The maximum atomic E-state index is 11.0.